The van der Waals surface area contributed by atoms with Gasteiger partial charge in [0.1, 0.15) is 0 Å². The van der Waals surface area contributed by atoms with Gasteiger partial charge < -0.3 is 0 Å². The van der Waals surface area contributed by atoms with E-state index in [0.717, 1.165) is 5.69 Å². The van der Waals surface area contributed by atoms with Gasteiger partial charge in [-0.05, 0) is 0 Å². The predicted molar refractivity (Wildman–Crippen MR) is 74.1 cm³/mol. The van der Waals surface area contributed by atoms with Crippen molar-refractivity contribution >= 4 is 36.5 Å². The van der Waals surface area contributed by atoms with E-state index in [0.29, 0.717) is 0 Å². The van der Waals surface area contributed by atoms with Crippen molar-refractivity contribution in [2.75, 3.05) is 0 Å². The predicted octanol–water partition coefficient (Wildman–Crippen LogP) is 3.46. The van der Waals surface area contributed by atoms with E-state index < -0.39 is 0 Å². The third-order valence-corrected chi connectivity index (χ3v) is 4.40. The van der Waals surface area contributed by atoms with Gasteiger partial charge in [0.25, 0.3) is 0 Å². The SMILES string of the molecule is C(=C\c1n[se]c2ccccc12)/c1ccccc1. The van der Waals surface area contributed by atoms with Gasteiger partial charge in [-0.15, -0.1) is 0 Å². The summed E-state index contributed by atoms with van der Waals surface area (Å²) < 4.78 is 5.99. The minimum atomic E-state index is 0.257. The summed E-state index contributed by atoms with van der Waals surface area (Å²) in [6.45, 7) is 0. The monoisotopic (exact) mass is 285 g/mol. The number of fused-ring (bicyclic) bond motifs is 1. The van der Waals surface area contributed by atoms with E-state index >= 15 is 0 Å². The molecule has 0 aliphatic carbocycles. The fourth-order valence-electron chi connectivity index (χ4n) is 1.76. The number of hydrogen-bond acceptors (Lipinski definition) is 1. The first kappa shape index (κ1) is 10.5. The third-order valence-electron chi connectivity index (χ3n) is 2.64. The fourth-order valence-corrected chi connectivity index (χ4v) is 3.37. The van der Waals surface area contributed by atoms with Gasteiger partial charge in [0, 0.05) is 0 Å². The molecule has 3 rings (SSSR count). The molecule has 0 spiro atoms. The summed E-state index contributed by atoms with van der Waals surface area (Å²) in [6.07, 6.45) is 4.24. The van der Waals surface area contributed by atoms with E-state index in [9.17, 15) is 0 Å². The molecule has 0 amide bonds. The summed E-state index contributed by atoms with van der Waals surface area (Å²) >= 11 is 0.257. The molecule has 3 aromatic rings. The quantitative estimate of drug-likeness (QED) is 0.657. The normalized spacial score (nSPS) is 11.3. The molecule has 0 saturated carbocycles. The third kappa shape index (κ3) is 2.23. The molecule has 0 saturated heterocycles. The van der Waals surface area contributed by atoms with Crippen LogP contribution in [0.4, 0.5) is 0 Å². The molecule has 0 unspecified atom stereocenters. The van der Waals surface area contributed by atoms with Crippen molar-refractivity contribution in [1.29, 1.82) is 0 Å². The molecule has 17 heavy (non-hydrogen) atoms. The maximum atomic E-state index is 4.61. The number of nitrogens with zero attached hydrogens (tertiary/aromatic N) is 1. The Hall–Kier alpha value is -1.63. The molecule has 0 aliphatic heterocycles. The van der Waals surface area contributed by atoms with Gasteiger partial charge in [0.05, 0.1) is 0 Å². The molecule has 1 nitrogen and oxygen atoms in total. The molecule has 0 bridgehead atoms. The molecule has 0 atom stereocenters. The number of benzene rings is 2. The summed E-state index contributed by atoms with van der Waals surface area (Å²) in [7, 11) is 0. The van der Waals surface area contributed by atoms with Crippen LogP contribution in [0, 0.1) is 0 Å². The van der Waals surface area contributed by atoms with Gasteiger partial charge >= 0.3 is 106 Å². The molecule has 82 valence electrons. The Morgan fingerprint density at radius 2 is 1.59 bits per heavy atom. The number of aromatic nitrogens is 1. The van der Waals surface area contributed by atoms with Crippen molar-refractivity contribution < 1.29 is 0 Å². The second kappa shape index (κ2) is 4.70. The van der Waals surface area contributed by atoms with E-state index in [1.165, 1.54) is 15.2 Å². The van der Waals surface area contributed by atoms with Crippen LogP contribution in [0.5, 0.6) is 0 Å². The van der Waals surface area contributed by atoms with E-state index in [4.69, 9.17) is 0 Å². The summed E-state index contributed by atoms with van der Waals surface area (Å²) in [5.41, 5.74) is 2.33. The summed E-state index contributed by atoms with van der Waals surface area (Å²) in [6, 6.07) is 18.8. The Balaban J connectivity index is 1.98. The van der Waals surface area contributed by atoms with Crippen LogP contribution >= 0.6 is 0 Å². The van der Waals surface area contributed by atoms with Gasteiger partial charge in [-0.25, -0.2) is 0 Å². The van der Waals surface area contributed by atoms with Crippen LogP contribution in [0.3, 0.4) is 0 Å². The second-order valence-electron chi connectivity index (χ2n) is 3.81. The van der Waals surface area contributed by atoms with Crippen molar-refractivity contribution in [2.45, 2.75) is 0 Å². The average Bonchev–Trinajstić information content (AvgIpc) is 2.81. The van der Waals surface area contributed by atoms with Crippen molar-refractivity contribution in [3.05, 3.63) is 65.9 Å². The van der Waals surface area contributed by atoms with Crippen molar-refractivity contribution in [3.63, 3.8) is 0 Å². The number of hydrogen-bond donors (Lipinski definition) is 0. The first-order valence-electron chi connectivity index (χ1n) is 5.51. The van der Waals surface area contributed by atoms with E-state index in [1.807, 2.05) is 18.2 Å². The van der Waals surface area contributed by atoms with Crippen LogP contribution in [0.15, 0.2) is 54.6 Å². The zero-order valence-electron chi connectivity index (χ0n) is 9.21. The van der Waals surface area contributed by atoms with E-state index in [2.05, 4.69) is 52.5 Å². The van der Waals surface area contributed by atoms with E-state index in [1.54, 1.807) is 0 Å². The topological polar surface area (TPSA) is 12.9 Å². The maximum absolute atomic E-state index is 4.61. The van der Waals surface area contributed by atoms with Crippen LogP contribution < -0.4 is 0 Å². The van der Waals surface area contributed by atoms with Crippen LogP contribution in [0.1, 0.15) is 11.3 Å². The van der Waals surface area contributed by atoms with Gasteiger partial charge in [0.15, 0.2) is 0 Å². The van der Waals surface area contributed by atoms with Gasteiger partial charge in [-0.2, -0.15) is 0 Å². The summed E-state index contributed by atoms with van der Waals surface area (Å²) in [5.74, 6) is 0. The second-order valence-corrected chi connectivity index (χ2v) is 5.50. The standard InChI is InChI=1S/C15H11NSe/c1-2-6-12(7-3-1)10-11-14-13-8-4-5-9-15(13)17-16-14/h1-11H/b11-10+. The van der Waals surface area contributed by atoms with E-state index in [-0.39, 0.29) is 14.7 Å². The molecule has 0 N–H and O–H groups in total. The van der Waals surface area contributed by atoms with Crippen LogP contribution in [0.25, 0.3) is 21.8 Å². The molecular weight excluding hydrogens is 273 g/mol. The Kier molecular flexibility index (Phi) is 2.91. The first-order chi connectivity index (χ1) is 8.43. The molecule has 2 heteroatoms. The average molecular weight is 284 g/mol. The Morgan fingerprint density at radius 3 is 2.47 bits per heavy atom. The Labute approximate surface area is 106 Å². The van der Waals surface area contributed by atoms with Crippen molar-refractivity contribution in [2.24, 2.45) is 0 Å². The summed E-state index contributed by atoms with van der Waals surface area (Å²) in [5, 5.41) is 1.29. The van der Waals surface area contributed by atoms with Gasteiger partial charge in [-0.3, -0.25) is 0 Å². The van der Waals surface area contributed by atoms with Crippen molar-refractivity contribution in [1.82, 2.24) is 3.98 Å². The zero-order valence-corrected chi connectivity index (χ0v) is 10.9. The molecule has 0 aliphatic rings. The van der Waals surface area contributed by atoms with Crippen molar-refractivity contribution in [3.8, 4) is 0 Å². The van der Waals surface area contributed by atoms with Crippen LogP contribution in [0.2, 0.25) is 0 Å². The summed E-state index contributed by atoms with van der Waals surface area (Å²) in [4.78, 5) is 0. The molecule has 0 fully saturated rings. The Morgan fingerprint density at radius 1 is 0.824 bits per heavy atom. The first-order valence-corrected chi connectivity index (χ1v) is 7.13. The van der Waals surface area contributed by atoms with Gasteiger partial charge in [-0.1, -0.05) is 0 Å². The van der Waals surface area contributed by atoms with Crippen LogP contribution in [-0.4, -0.2) is 18.7 Å². The van der Waals surface area contributed by atoms with Crippen LogP contribution in [-0.2, 0) is 0 Å². The molecular formula is C15H11NSe. The fraction of sp³-hybridized carbons (Fsp3) is 0. The molecule has 0 radical (unpaired) electrons. The number of rotatable bonds is 2. The minimum absolute atomic E-state index is 0.257. The zero-order chi connectivity index (χ0) is 11.5. The molecule has 1 heterocycles. The Bertz CT molecular complexity index is 653. The van der Waals surface area contributed by atoms with Gasteiger partial charge in [0.2, 0.25) is 0 Å². The molecule has 2 aromatic carbocycles. The molecule has 1 aromatic heterocycles.